The van der Waals surface area contributed by atoms with Crippen molar-refractivity contribution in [2.24, 2.45) is 0 Å². The molecule has 2 aromatic carbocycles. The molecule has 2 rings (SSSR count). The van der Waals surface area contributed by atoms with E-state index in [0.29, 0.717) is 17.0 Å². The molecular formula is C18H19NO2S. The Morgan fingerprint density at radius 1 is 1.09 bits per heavy atom. The second-order valence-electron chi connectivity index (χ2n) is 5.13. The van der Waals surface area contributed by atoms with Gasteiger partial charge in [-0.1, -0.05) is 42.0 Å². The van der Waals surface area contributed by atoms with Gasteiger partial charge in [0.2, 0.25) is 5.91 Å². The zero-order chi connectivity index (χ0) is 15.9. The summed E-state index contributed by atoms with van der Waals surface area (Å²) in [7, 11) is 0. The first-order valence-electron chi connectivity index (χ1n) is 7.09. The summed E-state index contributed by atoms with van der Waals surface area (Å²) < 4.78 is 0. The van der Waals surface area contributed by atoms with E-state index in [9.17, 15) is 9.59 Å². The molecule has 0 aromatic heterocycles. The van der Waals surface area contributed by atoms with Crippen molar-refractivity contribution < 1.29 is 9.59 Å². The lowest BCUT2D eigenvalue weighted by Crippen LogP contribution is -2.16. The molecule has 0 aliphatic rings. The first-order valence-corrected chi connectivity index (χ1v) is 8.25. The average molecular weight is 313 g/mol. The lowest BCUT2D eigenvalue weighted by molar-refractivity contribution is -0.113. The Morgan fingerprint density at radius 3 is 2.59 bits per heavy atom. The maximum atomic E-state index is 12.0. The van der Waals surface area contributed by atoms with Crippen LogP contribution in [0.4, 0.5) is 5.69 Å². The molecule has 0 radical (unpaired) electrons. The predicted molar refractivity (Wildman–Crippen MR) is 92.4 cm³/mol. The van der Waals surface area contributed by atoms with E-state index in [4.69, 9.17) is 0 Å². The predicted octanol–water partition coefficient (Wildman–Crippen LogP) is 4.07. The highest BCUT2D eigenvalue weighted by molar-refractivity contribution is 7.99. The van der Waals surface area contributed by atoms with Gasteiger partial charge in [-0.3, -0.25) is 9.59 Å². The molecule has 0 heterocycles. The smallest absolute Gasteiger partial charge is 0.234 e. The van der Waals surface area contributed by atoms with Gasteiger partial charge in [-0.2, -0.15) is 0 Å². The molecule has 0 aliphatic heterocycles. The highest BCUT2D eigenvalue weighted by Gasteiger charge is 2.09. The highest BCUT2D eigenvalue weighted by atomic mass is 32.2. The lowest BCUT2D eigenvalue weighted by Gasteiger charge is -2.09. The van der Waals surface area contributed by atoms with Crippen molar-refractivity contribution in [1.82, 2.24) is 0 Å². The summed E-state index contributed by atoms with van der Waals surface area (Å²) in [6.45, 7) is 3.55. The summed E-state index contributed by atoms with van der Waals surface area (Å²) in [5, 5.41) is 2.81. The monoisotopic (exact) mass is 313 g/mol. The molecule has 4 heteroatoms. The van der Waals surface area contributed by atoms with Crippen LogP contribution in [0.2, 0.25) is 0 Å². The van der Waals surface area contributed by atoms with Crippen molar-refractivity contribution in [3.8, 4) is 0 Å². The molecule has 0 aliphatic carbocycles. The van der Waals surface area contributed by atoms with Gasteiger partial charge < -0.3 is 5.32 Å². The molecule has 114 valence electrons. The van der Waals surface area contributed by atoms with Gasteiger partial charge >= 0.3 is 0 Å². The van der Waals surface area contributed by atoms with E-state index in [0.717, 1.165) is 5.75 Å². The summed E-state index contributed by atoms with van der Waals surface area (Å²) in [6.07, 6.45) is 0. The SMILES string of the molecule is CC(=O)c1ccccc1NC(=O)CSCc1cccc(C)c1. The third-order valence-corrected chi connectivity index (χ3v) is 4.17. The molecule has 0 spiro atoms. The maximum absolute atomic E-state index is 12.0. The van der Waals surface area contributed by atoms with Gasteiger partial charge in [0.25, 0.3) is 0 Å². The Morgan fingerprint density at radius 2 is 1.86 bits per heavy atom. The van der Waals surface area contributed by atoms with Crippen LogP contribution in [0.15, 0.2) is 48.5 Å². The second kappa shape index (κ2) is 7.80. The number of nitrogens with one attached hydrogen (secondary N) is 1. The number of anilines is 1. The Balaban J connectivity index is 1.87. The number of Topliss-reactive ketones (excluding diaryl/α,β-unsaturated/α-hetero) is 1. The van der Waals surface area contributed by atoms with Gasteiger partial charge in [0.1, 0.15) is 0 Å². The number of para-hydroxylation sites is 1. The van der Waals surface area contributed by atoms with Crippen molar-refractivity contribution in [1.29, 1.82) is 0 Å². The van der Waals surface area contributed by atoms with Crippen LogP contribution >= 0.6 is 11.8 Å². The first kappa shape index (κ1) is 16.3. The summed E-state index contributed by atoms with van der Waals surface area (Å²) in [5.41, 5.74) is 3.55. The van der Waals surface area contributed by atoms with Gasteiger partial charge in [-0.05, 0) is 31.5 Å². The number of carbonyl (C=O) groups excluding carboxylic acids is 2. The van der Waals surface area contributed by atoms with Crippen LogP contribution in [0.5, 0.6) is 0 Å². The van der Waals surface area contributed by atoms with E-state index in [1.807, 2.05) is 12.1 Å². The summed E-state index contributed by atoms with van der Waals surface area (Å²) >= 11 is 1.56. The molecule has 1 N–H and O–H groups in total. The first-order chi connectivity index (χ1) is 10.6. The molecule has 0 unspecified atom stereocenters. The van der Waals surface area contributed by atoms with Crippen LogP contribution in [-0.2, 0) is 10.5 Å². The fourth-order valence-corrected chi connectivity index (χ4v) is 2.92. The molecule has 0 saturated heterocycles. The number of amides is 1. The number of hydrogen-bond acceptors (Lipinski definition) is 3. The van der Waals surface area contributed by atoms with Crippen molar-refractivity contribution in [3.05, 3.63) is 65.2 Å². The zero-order valence-electron chi connectivity index (χ0n) is 12.8. The van der Waals surface area contributed by atoms with E-state index < -0.39 is 0 Å². The van der Waals surface area contributed by atoms with Gasteiger partial charge in [0.15, 0.2) is 5.78 Å². The minimum absolute atomic E-state index is 0.0525. The number of hydrogen-bond donors (Lipinski definition) is 1. The van der Waals surface area contributed by atoms with Gasteiger partial charge in [-0.15, -0.1) is 11.8 Å². The van der Waals surface area contributed by atoms with E-state index in [2.05, 4.69) is 30.4 Å². The molecule has 0 atom stereocenters. The maximum Gasteiger partial charge on any atom is 0.234 e. The fourth-order valence-electron chi connectivity index (χ4n) is 2.15. The van der Waals surface area contributed by atoms with Crippen LogP contribution in [-0.4, -0.2) is 17.4 Å². The van der Waals surface area contributed by atoms with Crippen molar-refractivity contribution in [2.75, 3.05) is 11.1 Å². The molecule has 0 saturated carbocycles. The van der Waals surface area contributed by atoms with Crippen molar-refractivity contribution >= 4 is 29.1 Å². The number of rotatable bonds is 6. The second-order valence-corrected chi connectivity index (χ2v) is 6.12. The molecular weight excluding hydrogens is 294 g/mol. The summed E-state index contributed by atoms with van der Waals surface area (Å²) in [4.78, 5) is 23.5. The zero-order valence-corrected chi connectivity index (χ0v) is 13.6. The Hall–Kier alpha value is -2.07. The summed E-state index contributed by atoms with van der Waals surface area (Å²) in [6, 6.07) is 15.3. The van der Waals surface area contributed by atoms with Crippen molar-refractivity contribution in [2.45, 2.75) is 19.6 Å². The van der Waals surface area contributed by atoms with E-state index in [-0.39, 0.29) is 11.7 Å². The normalized spacial score (nSPS) is 10.3. The molecule has 0 bridgehead atoms. The van der Waals surface area contributed by atoms with Crippen molar-refractivity contribution in [3.63, 3.8) is 0 Å². The highest BCUT2D eigenvalue weighted by Crippen LogP contribution is 2.17. The number of aryl methyl sites for hydroxylation is 1. The molecule has 2 aromatic rings. The third-order valence-electron chi connectivity index (χ3n) is 3.16. The standard InChI is InChI=1S/C18H19NO2S/c1-13-6-5-7-15(10-13)11-22-12-18(21)19-17-9-4-3-8-16(17)14(2)20/h3-10H,11-12H2,1-2H3,(H,19,21). The van der Waals surface area contributed by atoms with E-state index in [1.165, 1.54) is 18.1 Å². The fraction of sp³-hybridized carbons (Fsp3) is 0.222. The van der Waals surface area contributed by atoms with Gasteiger partial charge in [0, 0.05) is 11.3 Å². The Labute approximate surface area is 135 Å². The summed E-state index contributed by atoms with van der Waals surface area (Å²) in [5.74, 6) is 1.01. The largest absolute Gasteiger partial charge is 0.325 e. The van der Waals surface area contributed by atoms with Crippen LogP contribution in [0.3, 0.4) is 0 Å². The van der Waals surface area contributed by atoms with Crippen LogP contribution < -0.4 is 5.32 Å². The van der Waals surface area contributed by atoms with Crippen LogP contribution in [0.1, 0.15) is 28.4 Å². The number of thioether (sulfide) groups is 1. The minimum atomic E-state index is -0.0913. The van der Waals surface area contributed by atoms with Gasteiger partial charge in [-0.25, -0.2) is 0 Å². The number of ketones is 1. The number of carbonyl (C=O) groups is 2. The van der Waals surface area contributed by atoms with E-state index >= 15 is 0 Å². The van der Waals surface area contributed by atoms with Crippen LogP contribution in [0.25, 0.3) is 0 Å². The number of benzene rings is 2. The Bertz CT molecular complexity index is 682. The Kier molecular flexibility index (Phi) is 5.78. The molecule has 0 fully saturated rings. The lowest BCUT2D eigenvalue weighted by atomic mass is 10.1. The average Bonchev–Trinajstić information content (AvgIpc) is 2.47. The van der Waals surface area contributed by atoms with Gasteiger partial charge in [0.05, 0.1) is 11.4 Å². The van der Waals surface area contributed by atoms with E-state index in [1.54, 1.807) is 30.0 Å². The molecule has 3 nitrogen and oxygen atoms in total. The molecule has 1 amide bonds. The minimum Gasteiger partial charge on any atom is -0.325 e. The quantitative estimate of drug-likeness (QED) is 0.818. The third kappa shape index (κ3) is 4.74. The van der Waals surface area contributed by atoms with Crippen LogP contribution in [0, 0.1) is 6.92 Å². The molecule has 22 heavy (non-hydrogen) atoms. The topological polar surface area (TPSA) is 46.2 Å².